The molecule has 1 aliphatic heterocycles. The van der Waals surface area contributed by atoms with Crippen molar-refractivity contribution < 1.29 is 14.4 Å². The molecule has 1 saturated carbocycles. The SMILES string of the molecule is CC(=O)N(CN1C(=O)[C@H]2CC[C@@H](C)C[C@H]2C1=O)c1ccc(C)cc1. The predicted octanol–water partition coefficient (Wildman–Crippen LogP) is 2.73. The summed E-state index contributed by atoms with van der Waals surface area (Å²) in [5.41, 5.74) is 1.80. The van der Waals surface area contributed by atoms with Gasteiger partial charge in [-0.05, 0) is 44.2 Å². The second kappa shape index (κ2) is 6.38. The molecule has 5 heteroatoms. The number of carbonyl (C=O) groups excluding carboxylic acids is 3. The number of hydrogen-bond acceptors (Lipinski definition) is 3. The van der Waals surface area contributed by atoms with Crippen LogP contribution in [0.2, 0.25) is 0 Å². The molecule has 1 saturated heterocycles. The number of rotatable bonds is 3. The molecule has 0 aromatic heterocycles. The van der Waals surface area contributed by atoms with Crippen LogP contribution in [0.5, 0.6) is 0 Å². The number of likely N-dealkylation sites (tertiary alicyclic amines) is 1. The third kappa shape index (κ3) is 2.95. The molecule has 5 nitrogen and oxygen atoms in total. The number of hydrogen-bond donors (Lipinski definition) is 0. The van der Waals surface area contributed by atoms with Gasteiger partial charge in [0.15, 0.2) is 0 Å². The van der Waals surface area contributed by atoms with Crippen molar-refractivity contribution in [3.8, 4) is 0 Å². The van der Waals surface area contributed by atoms with Crippen molar-refractivity contribution in [1.82, 2.24) is 4.90 Å². The molecule has 1 aromatic rings. The van der Waals surface area contributed by atoms with Crippen LogP contribution < -0.4 is 4.90 Å². The van der Waals surface area contributed by atoms with E-state index in [9.17, 15) is 14.4 Å². The third-order valence-electron chi connectivity index (χ3n) is 5.29. The lowest BCUT2D eigenvalue weighted by Gasteiger charge is -2.26. The smallest absolute Gasteiger partial charge is 0.234 e. The first-order chi connectivity index (χ1) is 11.4. The monoisotopic (exact) mass is 328 g/mol. The number of nitrogens with zero attached hydrogens (tertiary/aromatic N) is 2. The van der Waals surface area contributed by atoms with Crippen molar-refractivity contribution in [3.63, 3.8) is 0 Å². The highest BCUT2D eigenvalue weighted by molar-refractivity contribution is 6.06. The van der Waals surface area contributed by atoms with E-state index < -0.39 is 0 Å². The zero-order valence-electron chi connectivity index (χ0n) is 14.5. The Kier molecular flexibility index (Phi) is 4.43. The quantitative estimate of drug-likeness (QED) is 0.802. The maximum atomic E-state index is 12.7. The Balaban J connectivity index is 1.82. The number of benzene rings is 1. The van der Waals surface area contributed by atoms with E-state index in [2.05, 4.69) is 6.92 Å². The first kappa shape index (κ1) is 16.7. The van der Waals surface area contributed by atoms with Crippen molar-refractivity contribution in [3.05, 3.63) is 29.8 Å². The maximum Gasteiger partial charge on any atom is 0.234 e. The van der Waals surface area contributed by atoms with Crippen LogP contribution in [0.3, 0.4) is 0 Å². The molecule has 0 bridgehead atoms. The van der Waals surface area contributed by atoms with Crippen LogP contribution in [-0.4, -0.2) is 29.3 Å². The summed E-state index contributed by atoms with van der Waals surface area (Å²) in [6.07, 6.45) is 2.54. The summed E-state index contributed by atoms with van der Waals surface area (Å²) in [5, 5.41) is 0. The van der Waals surface area contributed by atoms with E-state index in [4.69, 9.17) is 0 Å². The van der Waals surface area contributed by atoms with Crippen LogP contribution >= 0.6 is 0 Å². The zero-order chi connectivity index (χ0) is 17.4. The summed E-state index contributed by atoms with van der Waals surface area (Å²) in [7, 11) is 0. The molecular weight excluding hydrogens is 304 g/mol. The third-order valence-corrected chi connectivity index (χ3v) is 5.29. The van der Waals surface area contributed by atoms with Crippen LogP contribution in [0, 0.1) is 24.7 Å². The lowest BCUT2D eigenvalue weighted by Crippen LogP contribution is -2.44. The van der Waals surface area contributed by atoms with Gasteiger partial charge in [0.05, 0.1) is 11.8 Å². The molecule has 1 heterocycles. The van der Waals surface area contributed by atoms with Crippen molar-refractivity contribution in [2.24, 2.45) is 17.8 Å². The number of fused-ring (bicyclic) bond motifs is 1. The molecule has 24 heavy (non-hydrogen) atoms. The molecule has 0 unspecified atom stereocenters. The number of imide groups is 1. The number of amides is 3. The summed E-state index contributed by atoms with van der Waals surface area (Å²) >= 11 is 0. The highest BCUT2D eigenvalue weighted by Crippen LogP contribution is 2.40. The number of carbonyl (C=O) groups is 3. The van der Waals surface area contributed by atoms with Gasteiger partial charge in [0.25, 0.3) is 0 Å². The second-order valence-corrected chi connectivity index (χ2v) is 7.16. The van der Waals surface area contributed by atoms with Crippen LogP contribution in [0.25, 0.3) is 0 Å². The zero-order valence-corrected chi connectivity index (χ0v) is 14.5. The van der Waals surface area contributed by atoms with E-state index in [-0.39, 0.29) is 36.2 Å². The van der Waals surface area contributed by atoms with Gasteiger partial charge < -0.3 is 0 Å². The summed E-state index contributed by atoms with van der Waals surface area (Å²) in [5.74, 6) is -0.328. The van der Waals surface area contributed by atoms with Gasteiger partial charge in [0.1, 0.15) is 6.67 Å². The van der Waals surface area contributed by atoms with E-state index in [0.717, 1.165) is 24.8 Å². The average Bonchev–Trinajstić information content (AvgIpc) is 2.77. The molecule has 0 N–H and O–H groups in total. The second-order valence-electron chi connectivity index (χ2n) is 7.16. The number of aryl methyl sites for hydroxylation is 1. The Morgan fingerprint density at radius 1 is 1.12 bits per heavy atom. The van der Waals surface area contributed by atoms with Crippen molar-refractivity contribution in [2.45, 2.75) is 40.0 Å². The lowest BCUT2D eigenvalue weighted by molar-refractivity contribution is -0.140. The fourth-order valence-corrected chi connectivity index (χ4v) is 3.83. The topological polar surface area (TPSA) is 57.7 Å². The Bertz CT molecular complexity index is 668. The average molecular weight is 328 g/mol. The molecule has 0 spiro atoms. The van der Waals surface area contributed by atoms with E-state index in [1.54, 1.807) is 0 Å². The molecule has 2 fully saturated rings. The van der Waals surface area contributed by atoms with Gasteiger partial charge in [-0.25, -0.2) is 0 Å². The predicted molar refractivity (Wildman–Crippen MR) is 91.1 cm³/mol. The molecule has 3 rings (SSSR count). The first-order valence-corrected chi connectivity index (χ1v) is 8.58. The Morgan fingerprint density at radius 2 is 1.75 bits per heavy atom. The summed E-state index contributed by atoms with van der Waals surface area (Å²) in [4.78, 5) is 40.2. The molecule has 1 aromatic carbocycles. The minimum Gasteiger partial charge on any atom is -0.294 e. The molecule has 128 valence electrons. The van der Waals surface area contributed by atoms with Crippen LogP contribution in [0.15, 0.2) is 24.3 Å². The van der Waals surface area contributed by atoms with Crippen LogP contribution in [-0.2, 0) is 14.4 Å². The molecular formula is C19H24N2O3. The molecule has 3 amide bonds. The van der Waals surface area contributed by atoms with Gasteiger partial charge in [-0.1, -0.05) is 24.6 Å². The normalized spacial score (nSPS) is 26.5. The van der Waals surface area contributed by atoms with E-state index >= 15 is 0 Å². The molecule has 1 aliphatic carbocycles. The van der Waals surface area contributed by atoms with Gasteiger partial charge in [-0.15, -0.1) is 0 Å². The maximum absolute atomic E-state index is 12.7. The van der Waals surface area contributed by atoms with Gasteiger partial charge >= 0.3 is 0 Å². The summed E-state index contributed by atoms with van der Waals surface area (Å²) in [6, 6.07) is 7.52. The minimum absolute atomic E-state index is 0.0114. The van der Waals surface area contributed by atoms with Gasteiger partial charge in [-0.3, -0.25) is 24.2 Å². The first-order valence-electron chi connectivity index (χ1n) is 8.58. The van der Waals surface area contributed by atoms with Crippen molar-refractivity contribution in [1.29, 1.82) is 0 Å². The fourth-order valence-electron chi connectivity index (χ4n) is 3.83. The van der Waals surface area contributed by atoms with E-state index in [0.29, 0.717) is 11.6 Å². The highest BCUT2D eigenvalue weighted by atomic mass is 16.2. The highest BCUT2D eigenvalue weighted by Gasteiger charge is 2.49. The summed E-state index contributed by atoms with van der Waals surface area (Å²) in [6.45, 7) is 5.57. The van der Waals surface area contributed by atoms with Gasteiger partial charge in [-0.2, -0.15) is 0 Å². The Hall–Kier alpha value is -2.17. The standard InChI is InChI=1S/C19H24N2O3/c1-12-4-7-15(8-5-12)20(14(3)22)11-21-18(23)16-9-6-13(2)10-17(16)19(21)24/h4-5,7-8,13,16-17H,6,9-11H2,1-3H3/t13-,16+,17-/m1/s1. The van der Waals surface area contributed by atoms with E-state index in [1.165, 1.54) is 16.7 Å². The van der Waals surface area contributed by atoms with Gasteiger partial charge in [0, 0.05) is 12.6 Å². The molecule has 2 aliphatic rings. The molecule has 3 atom stereocenters. The lowest BCUT2D eigenvalue weighted by atomic mass is 9.76. The van der Waals surface area contributed by atoms with Crippen molar-refractivity contribution in [2.75, 3.05) is 11.6 Å². The summed E-state index contributed by atoms with van der Waals surface area (Å²) < 4.78 is 0. The number of anilines is 1. The fraction of sp³-hybridized carbons (Fsp3) is 0.526. The van der Waals surface area contributed by atoms with Crippen LogP contribution in [0.4, 0.5) is 5.69 Å². The van der Waals surface area contributed by atoms with E-state index in [1.807, 2.05) is 31.2 Å². The Morgan fingerprint density at radius 3 is 2.38 bits per heavy atom. The molecule has 0 radical (unpaired) electrons. The van der Waals surface area contributed by atoms with Crippen molar-refractivity contribution >= 4 is 23.4 Å². The van der Waals surface area contributed by atoms with Gasteiger partial charge in [0.2, 0.25) is 17.7 Å². The largest absolute Gasteiger partial charge is 0.294 e. The van der Waals surface area contributed by atoms with Crippen LogP contribution in [0.1, 0.15) is 38.7 Å². The Labute approximate surface area is 142 Å². The minimum atomic E-state index is -0.201.